The van der Waals surface area contributed by atoms with Gasteiger partial charge < -0.3 is 14.7 Å². The predicted octanol–water partition coefficient (Wildman–Crippen LogP) is -0.887. The van der Waals surface area contributed by atoms with E-state index in [1.807, 2.05) is 0 Å². The SMILES string of the molecule is CN(C)C=O.CN(C)C=O.CN(C)C=O. The molecule has 15 heavy (non-hydrogen) atoms. The minimum atomic E-state index is 0.750. The summed E-state index contributed by atoms with van der Waals surface area (Å²) in [6.45, 7) is 0. The van der Waals surface area contributed by atoms with Gasteiger partial charge in [-0.25, -0.2) is 0 Å². The topological polar surface area (TPSA) is 60.9 Å². The van der Waals surface area contributed by atoms with Crippen LogP contribution in [0.1, 0.15) is 0 Å². The van der Waals surface area contributed by atoms with E-state index >= 15 is 0 Å². The fraction of sp³-hybridized carbons (Fsp3) is 0.667. The van der Waals surface area contributed by atoms with Crippen LogP contribution >= 0.6 is 0 Å². The van der Waals surface area contributed by atoms with Crippen molar-refractivity contribution in [2.75, 3.05) is 42.3 Å². The molecule has 0 aromatic rings. The molecule has 0 unspecified atom stereocenters. The Morgan fingerprint density at radius 1 is 0.533 bits per heavy atom. The van der Waals surface area contributed by atoms with E-state index in [1.54, 1.807) is 42.3 Å². The highest BCUT2D eigenvalue weighted by molar-refractivity contribution is 5.45. The van der Waals surface area contributed by atoms with Gasteiger partial charge in [-0.1, -0.05) is 0 Å². The molecule has 0 saturated heterocycles. The Morgan fingerprint density at radius 2 is 0.600 bits per heavy atom. The van der Waals surface area contributed by atoms with Crippen molar-refractivity contribution in [3.05, 3.63) is 0 Å². The molecular formula is C9H21N3O3. The molecule has 6 heteroatoms. The van der Waals surface area contributed by atoms with Crippen LogP contribution in [0.15, 0.2) is 0 Å². The number of rotatable bonds is 3. The lowest BCUT2D eigenvalue weighted by atomic mass is 11.0. The van der Waals surface area contributed by atoms with E-state index in [0.717, 1.165) is 19.2 Å². The van der Waals surface area contributed by atoms with Crippen LogP contribution in [-0.4, -0.2) is 76.2 Å². The number of nitrogens with zero attached hydrogens (tertiary/aromatic N) is 3. The van der Waals surface area contributed by atoms with Crippen molar-refractivity contribution in [3.8, 4) is 0 Å². The zero-order valence-electron chi connectivity index (χ0n) is 10.3. The summed E-state index contributed by atoms with van der Waals surface area (Å²) < 4.78 is 0. The van der Waals surface area contributed by atoms with Gasteiger partial charge in [0.05, 0.1) is 0 Å². The van der Waals surface area contributed by atoms with Crippen LogP contribution in [0.2, 0.25) is 0 Å². The lowest BCUT2D eigenvalue weighted by molar-refractivity contribution is -0.116. The maximum atomic E-state index is 9.43. The zero-order chi connectivity index (χ0) is 12.9. The molecule has 6 nitrogen and oxygen atoms in total. The zero-order valence-corrected chi connectivity index (χ0v) is 10.3. The molecule has 0 rings (SSSR count). The summed E-state index contributed by atoms with van der Waals surface area (Å²) in [5.74, 6) is 0. The Bertz CT molecular complexity index is 130. The molecule has 0 fully saturated rings. The smallest absolute Gasteiger partial charge is 0.209 e. The number of carbonyl (C=O) groups is 3. The van der Waals surface area contributed by atoms with Crippen molar-refractivity contribution < 1.29 is 14.4 Å². The van der Waals surface area contributed by atoms with Crippen molar-refractivity contribution in [2.45, 2.75) is 0 Å². The van der Waals surface area contributed by atoms with Crippen molar-refractivity contribution in [3.63, 3.8) is 0 Å². The van der Waals surface area contributed by atoms with Gasteiger partial charge in [-0.15, -0.1) is 0 Å². The molecule has 0 aliphatic heterocycles. The highest BCUT2D eigenvalue weighted by atomic mass is 16.1. The van der Waals surface area contributed by atoms with Crippen LogP contribution in [0, 0.1) is 0 Å². The molecule has 0 N–H and O–H groups in total. The third-order valence-electron chi connectivity index (χ3n) is 0.632. The normalized spacial score (nSPS) is 6.80. The molecule has 0 saturated carbocycles. The minimum Gasteiger partial charge on any atom is -0.351 e. The lowest BCUT2D eigenvalue weighted by Gasteiger charge is -1.93. The molecule has 3 amide bonds. The molecule has 0 aliphatic carbocycles. The van der Waals surface area contributed by atoms with E-state index in [4.69, 9.17) is 0 Å². The van der Waals surface area contributed by atoms with E-state index in [9.17, 15) is 14.4 Å². The maximum Gasteiger partial charge on any atom is 0.209 e. The average Bonchev–Trinajstić information content (AvgIpc) is 2.19. The highest BCUT2D eigenvalue weighted by Gasteiger charge is 1.69. The van der Waals surface area contributed by atoms with Gasteiger partial charge >= 0.3 is 0 Å². The van der Waals surface area contributed by atoms with E-state index in [2.05, 4.69) is 0 Å². The monoisotopic (exact) mass is 219 g/mol. The van der Waals surface area contributed by atoms with Crippen LogP contribution in [-0.2, 0) is 14.4 Å². The fourth-order valence-corrected chi connectivity index (χ4v) is 0. The summed E-state index contributed by atoms with van der Waals surface area (Å²) in [7, 11) is 10.1. The summed E-state index contributed by atoms with van der Waals surface area (Å²) >= 11 is 0. The third-order valence-corrected chi connectivity index (χ3v) is 0.632. The third kappa shape index (κ3) is 69.2. The van der Waals surface area contributed by atoms with Crippen LogP contribution in [0.3, 0.4) is 0 Å². The van der Waals surface area contributed by atoms with Gasteiger partial charge in [0, 0.05) is 42.3 Å². The Hall–Kier alpha value is -1.59. The number of amides is 3. The second kappa shape index (κ2) is 14.9. The summed E-state index contributed by atoms with van der Waals surface area (Å²) in [6, 6.07) is 0. The first-order chi connectivity index (χ1) is 6.81. The average molecular weight is 219 g/mol. The largest absolute Gasteiger partial charge is 0.351 e. The predicted molar refractivity (Wildman–Crippen MR) is 59.3 cm³/mol. The molecule has 0 aromatic heterocycles. The van der Waals surface area contributed by atoms with Crippen LogP contribution in [0.25, 0.3) is 0 Å². The van der Waals surface area contributed by atoms with Crippen LogP contribution < -0.4 is 0 Å². The first kappa shape index (κ1) is 19.1. The van der Waals surface area contributed by atoms with Crippen molar-refractivity contribution in [2.24, 2.45) is 0 Å². The summed E-state index contributed by atoms with van der Waals surface area (Å²) in [4.78, 5) is 32.6. The van der Waals surface area contributed by atoms with E-state index in [1.165, 1.54) is 14.7 Å². The molecule has 0 radical (unpaired) electrons. The van der Waals surface area contributed by atoms with Gasteiger partial charge in [-0.2, -0.15) is 0 Å². The number of hydrogen-bond acceptors (Lipinski definition) is 3. The second-order valence-corrected chi connectivity index (χ2v) is 3.21. The van der Waals surface area contributed by atoms with E-state index < -0.39 is 0 Å². The second-order valence-electron chi connectivity index (χ2n) is 3.21. The standard InChI is InChI=1S/3C3H7NO/c3*1-4(2)3-5/h3*3H,1-2H3. The van der Waals surface area contributed by atoms with Gasteiger partial charge in [0.25, 0.3) is 0 Å². The molecule has 90 valence electrons. The van der Waals surface area contributed by atoms with Gasteiger partial charge in [0.2, 0.25) is 19.2 Å². The Balaban J connectivity index is -0.000000144. The van der Waals surface area contributed by atoms with E-state index in [0.29, 0.717) is 0 Å². The molecule has 0 heterocycles. The summed E-state index contributed by atoms with van der Waals surface area (Å²) in [5.41, 5.74) is 0. The van der Waals surface area contributed by atoms with Gasteiger partial charge in [0.15, 0.2) is 0 Å². The Labute approximate surface area is 91.4 Å². The van der Waals surface area contributed by atoms with Gasteiger partial charge in [-0.3, -0.25) is 14.4 Å². The van der Waals surface area contributed by atoms with Crippen LogP contribution in [0.5, 0.6) is 0 Å². The number of carbonyl (C=O) groups excluding carboxylic acids is 3. The van der Waals surface area contributed by atoms with Crippen molar-refractivity contribution in [1.82, 2.24) is 14.7 Å². The molecule has 0 spiro atoms. The number of hydrogen-bond donors (Lipinski definition) is 0. The van der Waals surface area contributed by atoms with Gasteiger partial charge in [-0.05, 0) is 0 Å². The Kier molecular flexibility index (Phi) is 18.9. The fourth-order valence-electron chi connectivity index (χ4n) is 0. The highest BCUT2D eigenvalue weighted by Crippen LogP contribution is 1.53. The van der Waals surface area contributed by atoms with E-state index in [-0.39, 0.29) is 0 Å². The first-order valence-corrected chi connectivity index (χ1v) is 4.16. The maximum absolute atomic E-state index is 9.43. The van der Waals surface area contributed by atoms with Crippen LogP contribution in [0.4, 0.5) is 0 Å². The minimum absolute atomic E-state index is 0.750. The molecule has 0 aliphatic rings. The van der Waals surface area contributed by atoms with Crippen molar-refractivity contribution in [1.29, 1.82) is 0 Å². The molecule has 0 atom stereocenters. The Morgan fingerprint density at radius 3 is 0.600 bits per heavy atom. The molecule has 0 aromatic carbocycles. The molecule has 0 bridgehead atoms. The summed E-state index contributed by atoms with van der Waals surface area (Å²) in [5, 5.41) is 0. The molecular weight excluding hydrogens is 198 g/mol. The first-order valence-electron chi connectivity index (χ1n) is 4.16. The van der Waals surface area contributed by atoms with Gasteiger partial charge in [0.1, 0.15) is 0 Å². The van der Waals surface area contributed by atoms with Crippen molar-refractivity contribution >= 4 is 19.2 Å². The lowest BCUT2D eigenvalue weighted by Crippen LogP contribution is -2.06. The quantitative estimate of drug-likeness (QED) is 0.579. The summed E-state index contributed by atoms with van der Waals surface area (Å²) in [6.07, 6.45) is 2.25.